The number of hydrogen-bond donors (Lipinski definition) is 1. The van der Waals surface area contributed by atoms with Gasteiger partial charge in [-0.3, -0.25) is 0 Å². The van der Waals surface area contributed by atoms with Crippen LogP contribution in [0.5, 0.6) is 5.75 Å². The highest BCUT2D eigenvalue weighted by atomic mass is 16.5. The lowest BCUT2D eigenvalue weighted by molar-refractivity contribution is -0.147. The van der Waals surface area contributed by atoms with Crippen LogP contribution < -0.4 is 10.1 Å². The van der Waals surface area contributed by atoms with Crippen LogP contribution in [0.3, 0.4) is 0 Å². The summed E-state index contributed by atoms with van der Waals surface area (Å²) in [5.41, 5.74) is 0.105. The van der Waals surface area contributed by atoms with Gasteiger partial charge < -0.3 is 14.8 Å². The van der Waals surface area contributed by atoms with E-state index in [1.165, 1.54) is 0 Å². The molecule has 1 rings (SSSR count). The maximum atomic E-state index is 11.7. The molecule has 0 bridgehead atoms. The molecule has 0 atom stereocenters. The van der Waals surface area contributed by atoms with Crippen molar-refractivity contribution in [2.75, 3.05) is 19.0 Å². The molecule has 0 aromatic heterocycles. The molecule has 0 aliphatic rings. The van der Waals surface area contributed by atoms with Crippen LogP contribution in [0.4, 0.5) is 5.69 Å². The Morgan fingerprint density at radius 3 is 2.35 bits per heavy atom. The lowest BCUT2D eigenvalue weighted by atomic mass is 10.1. The molecule has 1 N–H and O–H groups in total. The van der Waals surface area contributed by atoms with E-state index in [0.717, 1.165) is 11.4 Å². The van der Waals surface area contributed by atoms with Gasteiger partial charge in [-0.15, -0.1) is 0 Å². The monoisotopic (exact) mass is 237 g/mol. The predicted octanol–water partition coefficient (Wildman–Crippen LogP) is 2.45. The highest BCUT2D eigenvalue weighted by Crippen LogP contribution is 2.19. The Balaban J connectivity index is 2.71. The molecule has 1 aromatic rings. The largest absolute Gasteiger partial charge is 0.497 e. The van der Waals surface area contributed by atoms with E-state index in [4.69, 9.17) is 9.47 Å². The zero-order chi connectivity index (χ0) is 12.9. The second kappa shape index (κ2) is 5.57. The van der Waals surface area contributed by atoms with E-state index in [9.17, 15) is 4.79 Å². The summed E-state index contributed by atoms with van der Waals surface area (Å²) in [6, 6.07) is 7.40. The first-order chi connectivity index (χ1) is 7.99. The normalized spacial score (nSPS) is 10.8. The lowest BCUT2D eigenvalue weighted by Crippen LogP contribution is -2.41. The van der Waals surface area contributed by atoms with Gasteiger partial charge >= 0.3 is 5.97 Å². The van der Waals surface area contributed by atoms with Gasteiger partial charge in [-0.25, -0.2) is 4.79 Å². The van der Waals surface area contributed by atoms with Gasteiger partial charge in [0.2, 0.25) is 0 Å². The number of carbonyl (C=O) groups is 1. The minimum Gasteiger partial charge on any atom is -0.497 e. The van der Waals surface area contributed by atoms with Crippen molar-refractivity contribution in [3.8, 4) is 5.75 Å². The van der Waals surface area contributed by atoms with Crippen LogP contribution in [0.1, 0.15) is 20.8 Å². The molecule has 0 unspecified atom stereocenters. The Hall–Kier alpha value is -1.71. The van der Waals surface area contributed by atoms with Crippen molar-refractivity contribution >= 4 is 11.7 Å². The van der Waals surface area contributed by atoms with Crippen molar-refractivity contribution in [3.63, 3.8) is 0 Å². The van der Waals surface area contributed by atoms with E-state index in [1.807, 2.05) is 24.3 Å². The van der Waals surface area contributed by atoms with Gasteiger partial charge in [0.15, 0.2) is 0 Å². The molecule has 0 heterocycles. The fourth-order valence-electron chi connectivity index (χ4n) is 1.40. The van der Waals surface area contributed by atoms with Crippen molar-refractivity contribution in [2.45, 2.75) is 26.3 Å². The van der Waals surface area contributed by atoms with Crippen molar-refractivity contribution in [1.29, 1.82) is 0 Å². The van der Waals surface area contributed by atoms with E-state index in [-0.39, 0.29) is 5.97 Å². The Morgan fingerprint density at radius 1 is 1.29 bits per heavy atom. The zero-order valence-corrected chi connectivity index (χ0v) is 10.7. The SMILES string of the molecule is CCOC(=O)C(C)(C)Nc1ccc(OC)cc1. The molecule has 4 heteroatoms. The van der Waals surface area contributed by atoms with Crippen LogP contribution in [-0.4, -0.2) is 25.2 Å². The molecule has 0 radical (unpaired) electrons. The molecule has 0 saturated heterocycles. The van der Waals surface area contributed by atoms with Crippen molar-refractivity contribution in [1.82, 2.24) is 0 Å². The topological polar surface area (TPSA) is 47.6 Å². The van der Waals surface area contributed by atoms with Gasteiger partial charge in [-0.05, 0) is 45.0 Å². The Labute approximate surface area is 102 Å². The second-order valence-corrected chi connectivity index (χ2v) is 4.20. The molecule has 0 aliphatic heterocycles. The number of methoxy groups -OCH3 is 1. The van der Waals surface area contributed by atoms with Crippen LogP contribution in [0.15, 0.2) is 24.3 Å². The second-order valence-electron chi connectivity index (χ2n) is 4.20. The van der Waals surface area contributed by atoms with Gasteiger partial charge in [-0.1, -0.05) is 0 Å². The van der Waals surface area contributed by atoms with E-state index < -0.39 is 5.54 Å². The fourth-order valence-corrected chi connectivity index (χ4v) is 1.40. The highest BCUT2D eigenvalue weighted by molar-refractivity contribution is 5.83. The van der Waals surface area contributed by atoms with E-state index in [2.05, 4.69) is 5.32 Å². The van der Waals surface area contributed by atoms with Crippen molar-refractivity contribution < 1.29 is 14.3 Å². The number of nitrogens with one attached hydrogen (secondary N) is 1. The maximum Gasteiger partial charge on any atom is 0.331 e. The first-order valence-corrected chi connectivity index (χ1v) is 5.59. The summed E-state index contributed by atoms with van der Waals surface area (Å²) in [6.07, 6.45) is 0. The zero-order valence-electron chi connectivity index (χ0n) is 10.7. The predicted molar refractivity (Wildman–Crippen MR) is 67.3 cm³/mol. The van der Waals surface area contributed by atoms with Crippen LogP contribution in [0.2, 0.25) is 0 Å². The number of hydrogen-bond acceptors (Lipinski definition) is 4. The molecule has 0 spiro atoms. The number of carbonyl (C=O) groups excluding carboxylic acids is 1. The summed E-state index contributed by atoms with van der Waals surface area (Å²) in [4.78, 5) is 11.7. The van der Waals surface area contributed by atoms with E-state index in [1.54, 1.807) is 27.9 Å². The molecule has 94 valence electrons. The molecule has 0 aliphatic carbocycles. The quantitative estimate of drug-likeness (QED) is 0.799. The standard InChI is InChI=1S/C13H19NO3/c1-5-17-12(15)13(2,3)14-10-6-8-11(16-4)9-7-10/h6-9,14H,5H2,1-4H3. The fraction of sp³-hybridized carbons (Fsp3) is 0.462. The molecule has 0 amide bonds. The molecule has 0 saturated carbocycles. The minimum atomic E-state index is -0.745. The summed E-state index contributed by atoms with van der Waals surface area (Å²) in [6.45, 7) is 5.75. The lowest BCUT2D eigenvalue weighted by Gasteiger charge is -2.25. The minimum absolute atomic E-state index is 0.268. The average molecular weight is 237 g/mol. The Kier molecular flexibility index (Phi) is 4.37. The van der Waals surface area contributed by atoms with Crippen LogP contribution in [-0.2, 0) is 9.53 Å². The summed E-state index contributed by atoms with van der Waals surface area (Å²) in [5.74, 6) is 0.514. The smallest absolute Gasteiger partial charge is 0.331 e. The Bertz CT molecular complexity index is 371. The number of benzene rings is 1. The highest BCUT2D eigenvalue weighted by Gasteiger charge is 2.28. The number of anilines is 1. The number of rotatable bonds is 5. The van der Waals surface area contributed by atoms with Crippen LogP contribution in [0.25, 0.3) is 0 Å². The third kappa shape index (κ3) is 3.66. The first kappa shape index (κ1) is 13.4. The van der Waals surface area contributed by atoms with Gasteiger partial charge in [-0.2, -0.15) is 0 Å². The number of esters is 1. The summed E-state index contributed by atoms with van der Waals surface area (Å²) >= 11 is 0. The van der Waals surface area contributed by atoms with E-state index in [0.29, 0.717) is 6.61 Å². The number of ether oxygens (including phenoxy) is 2. The average Bonchev–Trinajstić information content (AvgIpc) is 2.30. The third-order valence-electron chi connectivity index (χ3n) is 2.33. The molecular weight excluding hydrogens is 218 g/mol. The van der Waals surface area contributed by atoms with Crippen LogP contribution in [0, 0.1) is 0 Å². The molecule has 0 fully saturated rings. The summed E-state index contributed by atoms with van der Waals surface area (Å²) < 4.78 is 10.1. The molecule has 17 heavy (non-hydrogen) atoms. The summed E-state index contributed by atoms with van der Waals surface area (Å²) in [7, 11) is 1.62. The third-order valence-corrected chi connectivity index (χ3v) is 2.33. The van der Waals surface area contributed by atoms with Crippen molar-refractivity contribution in [3.05, 3.63) is 24.3 Å². The summed E-state index contributed by atoms with van der Waals surface area (Å²) in [5, 5.41) is 3.12. The van der Waals surface area contributed by atoms with Gasteiger partial charge in [0, 0.05) is 5.69 Å². The molecule has 1 aromatic carbocycles. The first-order valence-electron chi connectivity index (χ1n) is 5.59. The molecule has 4 nitrogen and oxygen atoms in total. The van der Waals surface area contributed by atoms with Gasteiger partial charge in [0.1, 0.15) is 11.3 Å². The van der Waals surface area contributed by atoms with Crippen LogP contribution >= 0.6 is 0 Å². The van der Waals surface area contributed by atoms with Gasteiger partial charge in [0.25, 0.3) is 0 Å². The van der Waals surface area contributed by atoms with E-state index >= 15 is 0 Å². The maximum absolute atomic E-state index is 11.7. The van der Waals surface area contributed by atoms with Crippen molar-refractivity contribution in [2.24, 2.45) is 0 Å². The van der Waals surface area contributed by atoms with Gasteiger partial charge in [0.05, 0.1) is 13.7 Å². The molecular formula is C13H19NO3. The Morgan fingerprint density at radius 2 is 1.88 bits per heavy atom.